The standard InChI is InChI=1S/C14H19N3.ClH/c1-16-14-6-8-17(9-7-14)11-13-4-2-12(10-15)3-5-13;/h2-5,14,16H,6-9,11H2,1H3;1H. The fourth-order valence-electron chi connectivity index (χ4n) is 2.32. The first-order valence-electron chi connectivity index (χ1n) is 6.20. The van der Waals surface area contributed by atoms with Gasteiger partial charge in [0.05, 0.1) is 11.6 Å². The van der Waals surface area contributed by atoms with Crippen LogP contribution in [0.3, 0.4) is 0 Å². The molecule has 0 aliphatic carbocycles. The van der Waals surface area contributed by atoms with E-state index in [-0.39, 0.29) is 12.4 Å². The minimum absolute atomic E-state index is 0. The molecule has 3 nitrogen and oxygen atoms in total. The molecule has 1 aliphatic heterocycles. The summed E-state index contributed by atoms with van der Waals surface area (Å²) in [5, 5.41) is 12.1. The zero-order valence-electron chi connectivity index (χ0n) is 10.7. The lowest BCUT2D eigenvalue weighted by molar-refractivity contribution is 0.194. The van der Waals surface area contributed by atoms with Crippen LogP contribution in [-0.2, 0) is 6.54 Å². The quantitative estimate of drug-likeness (QED) is 0.910. The molecular formula is C14H20ClN3. The molecule has 0 bridgehead atoms. The molecule has 0 atom stereocenters. The highest BCUT2D eigenvalue weighted by Crippen LogP contribution is 2.14. The van der Waals surface area contributed by atoms with E-state index in [1.54, 1.807) is 0 Å². The molecule has 1 heterocycles. The van der Waals surface area contributed by atoms with Gasteiger partial charge in [-0.05, 0) is 50.7 Å². The summed E-state index contributed by atoms with van der Waals surface area (Å²) in [6, 6.07) is 10.8. The van der Waals surface area contributed by atoms with Crippen molar-refractivity contribution in [2.75, 3.05) is 20.1 Å². The first-order valence-corrected chi connectivity index (χ1v) is 6.20. The fraction of sp³-hybridized carbons (Fsp3) is 0.500. The maximum Gasteiger partial charge on any atom is 0.0991 e. The average molecular weight is 266 g/mol. The monoisotopic (exact) mass is 265 g/mol. The Morgan fingerprint density at radius 1 is 1.28 bits per heavy atom. The average Bonchev–Trinajstić information content (AvgIpc) is 2.40. The molecule has 2 rings (SSSR count). The van der Waals surface area contributed by atoms with Crippen LogP contribution in [0.1, 0.15) is 24.0 Å². The van der Waals surface area contributed by atoms with Gasteiger partial charge in [0.1, 0.15) is 0 Å². The summed E-state index contributed by atoms with van der Waals surface area (Å²) in [7, 11) is 2.04. The highest BCUT2D eigenvalue weighted by Gasteiger charge is 2.17. The Morgan fingerprint density at radius 2 is 1.89 bits per heavy atom. The van der Waals surface area contributed by atoms with Gasteiger partial charge >= 0.3 is 0 Å². The molecule has 1 aromatic carbocycles. The predicted molar refractivity (Wildman–Crippen MR) is 75.8 cm³/mol. The number of benzene rings is 1. The summed E-state index contributed by atoms with van der Waals surface area (Å²) in [4.78, 5) is 2.48. The normalized spacial score (nSPS) is 16.9. The number of hydrogen-bond acceptors (Lipinski definition) is 3. The summed E-state index contributed by atoms with van der Waals surface area (Å²) in [6.07, 6.45) is 2.46. The molecule has 0 amide bonds. The molecule has 1 aliphatic rings. The predicted octanol–water partition coefficient (Wildman–Crippen LogP) is 2.16. The van der Waals surface area contributed by atoms with E-state index in [2.05, 4.69) is 28.4 Å². The van der Waals surface area contributed by atoms with Crippen molar-refractivity contribution in [3.63, 3.8) is 0 Å². The van der Waals surface area contributed by atoms with Gasteiger partial charge in [-0.25, -0.2) is 0 Å². The number of nitrogens with one attached hydrogen (secondary N) is 1. The minimum Gasteiger partial charge on any atom is -0.317 e. The molecule has 18 heavy (non-hydrogen) atoms. The maximum atomic E-state index is 8.74. The van der Waals surface area contributed by atoms with Crippen LogP contribution in [0.5, 0.6) is 0 Å². The van der Waals surface area contributed by atoms with Gasteiger partial charge in [-0.15, -0.1) is 12.4 Å². The molecule has 4 heteroatoms. The van der Waals surface area contributed by atoms with Crippen molar-refractivity contribution >= 4 is 12.4 Å². The molecule has 1 aromatic rings. The van der Waals surface area contributed by atoms with E-state index >= 15 is 0 Å². The number of nitrogens with zero attached hydrogens (tertiary/aromatic N) is 2. The summed E-state index contributed by atoms with van der Waals surface area (Å²) >= 11 is 0. The highest BCUT2D eigenvalue weighted by atomic mass is 35.5. The Labute approximate surface area is 115 Å². The SMILES string of the molecule is CNC1CCN(Cc2ccc(C#N)cc2)CC1.Cl. The van der Waals surface area contributed by atoms with Crippen LogP contribution in [0, 0.1) is 11.3 Å². The van der Waals surface area contributed by atoms with Crippen molar-refractivity contribution in [1.29, 1.82) is 5.26 Å². The van der Waals surface area contributed by atoms with Crippen LogP contribution in [0.4, 0.5) is 0 Å². The number of likely N-dealkylation sites (tertiary alicyclic amines) is 1. The van der Waals surface area contributed by atoms with Crippen molar-refractivity contribution in [2.24, 2.45) is 0 Å². The van der Waals surface area contributed by atoms with Gasteiger partial charge in [0, 0.05) is 12.6 Å². The Kier molecular flexibility index (Phi) is 6.14. The number of halogens is 1. The van der Waals surface area contributed by atoms with Gasteiger partial charge in [-0.3, -0.25) is 4.90 Å². The number of piperidine rings is 1. The Hall–Kier alpha value is -1.08. The second-order valence-electron chi connectivity index (χ2n) is 4.65. The largest absolute Gasteiger partial charge is 0.317 e. The van der Waals surface area contributed by atoms with Crippen LogP contribution < -0.4 is 5.32 Å². The third-order valence-corrected chi connectivity index (χ3v) is 3.49. The van der Waals surface area contributed by atoms with Gasteiger partial charge in [-0.2, -0.15) is 5.26 Å². The lowest BCUT2D eigenvalue weighted by Crippen LogP contribution is -2.40. The minimum atomic E-state index is 0. The molecule has 1 saturated heterocycles. The van der Waals surface area contributed by atoms with Crippen molar-refractivity contribution in [1.82, 2.24) is 10.2 Å². The van der Waals surface area contributed by atoms with Gasteiger partial charge in [0.15, 0.2) is 0 Å². The molecule has 1 N–H and O–H groups in total. The zero-order chi connectivity index (χ0) is 12.1. The van der Waals surface area contributed by atoms with E-state index in [9.17, 15) is 0 Å². The Balaban J connectivity index is 0.00000162. The highest BCUT2D eigenvalue weighted by molar-refractivity contribution is 5.85. The van der Waals surface area contributed by atoms with Crippen molar-refractivity contribution in [3.8, 4) is 6.07 Å². The van der Waals surface area contributed by atoms with E-state index in [4.69, 9.17) is 5.26 Å². The first-order chi connectivity index (χ1) is 8.31. The first kappa shape index (κ1) is 15.0. The summed E-state index contributed by atoms with van der Waals surface area (Å²) < 4.78 is 0. The van der Waals surface area contributed by atoms with Crippen LogP contribution in [0.25, 0.3) is 0 Å². The molecule has 0 unspecified atom stereocenters. The molecule has 1 fully saturated rings. The van der Waals surface area contributed by atoms with Crippen molar-refractivity contribution < 1.29 is 0 Å². The lowest BCUT2D eigenvalue weighted by Gasteiger charge is -2.31. The van der Waals surface area contributed by atoms with Gasteiger partial charge < -0.3 is 5.32 Å². The molecular weight excluding hydrogens is 246 g/mol. The lowest BCUT2D eigenvalue weighted by atomic mass is 10.0. The zero-order valence-corrected chi connectivity index (χ0v) is 11.5. The molecule has 0 radical (unpaired) electrons. The van der Waals surface area contributed by atoms with Crippen LogP contribution in [0.2, 0.25) is 0 Å². The van der Waals surface area contributed by atoms with E-state index in [1.807, 2.05) is 19.2 Å². The Morgan fingerprint density at radius 3 is 2.39 bits per heavy atom. The van der Waals surface area contributed by atoms with E-state index in [0.717, 1.165) is 25.2 Å². The van der Waals surface area contributed by atoms with Crippen LogP contribution in [-0.4, -0.2) is 31.1 Å². The Bertz CT molecular complexity index is 388. The number of hydrogen-bond donors (Lipinski definition) is 1. The van der Waals surface area contributed by atoms with Crippen LogP contribution in [0.15, 0.2) is 24.3 Å². The topological polar surface area (TPSA) is 39.1 Å². The van der Waals surface area contributed by atoms with E-state index in [1.165, 1.54) is 18.4 Å². The summed E-state index contributed by atoms with van der Waals surface area (Å²) in [5.41, 5.74) is 2.04. The molecule has 98 valence electrons. The summed E-state index contributed by atoms with van der Waals surface area (Å²) in [6.45, 7) is 3.32. The fourth-order valence-corrected chi connectivity index (χ4v) is 2.32. The molecule has 0 aromatic heterocycles. The number of rotatable bonds is 3. The molecule has 0 saturated carbocycles. The van der Waals surface area contributed by atoms with Gasteiger partial charge in [0.25, 0.3) is 0 Å². The third-order valence-electron chi connectivity index (χ3n) is 3.49. The van der Waals surface area contributed by atoms with Crippen molar-refractivity contribution in [3.05, 3.63) is 35.4 Å². The third kappa shape index (κ3) is 3.99. The van der Waals surface area contributed by atoms with Crippen LogP contribution >= 0.6 is 12.4 Å². The van der Waals surface area contributed by atoms with E-state index in [0.29, 0.717) is 6.04 Å². The van der Waals surface area contributed by atoms with Gasteiger partial charge in [0.2, 0.25) is 0 Å². The van der Waals surface area contributed by atoms with Gasteiger partial charge in [-0.1, -0.05) is 12.1 Å². The van der Waals surface area contributed by atoms with E-state index < -0.39 is 0 Å². The second-order valence-corrected chi connectivity index (χ2v) is 4.65. The maximum absolute atomic E-state index is 8.74. The number of nitriles is 1. The smallest absolute Gasteiger partial charge is 0.0991 e. The summed E-state index contributed by atoms with van der Waals surface area (Å²) in [5.74, 6) is 0. The van der Waals surface area contributed by atoms with Crippen molar-refractivity contribution in [2.45, 2.75) is 25.4 Å². The second kappa shape index (κ2) is 7.38. The molecule has 0 spiro atoms.